The number of nitrogens with zero attached hydrogens (tertiary/aromatic N) is 2. The summed E-state index contributed by atoms with van der Waals surface area (Å²) in [5.74, 6) is 0. The molecule has 45 heavy (non-hydrogen) atoms. The molecule has 0 aliphatic carbocycles. The van der Waals surface area contributed by atoms with Crippen molar-refractivity contribution >= 4 is 17.7 Å². The molecular weight excluding hydrogens is 544 g/mol. The zero-order chi connectivity index (χ0) is 30.9. The Morgan fingerprint density at radius 2 is 0.933 bits per heavy atom. The van der Waals surface area contributed by atoms with Gasteiger partial charge >= 0.3 is 0 Å². The maximum atomic E-state index is 2.51. The summed E-state index contributed by atoms with van der Waals surface area (Å²) in [5, 5.41) is 0. The first-order valence-electron chi connectivity index (χ1n) is 15.8. The van der Waals surface area contributed by atoms with E-state index in [-0.39, 0.29) is 12.1 Å². The highest BCUT2D eigenvalue weighted by Gasteiger charge is 2.46. The van der Waals surface area contributed by atoms with Crippen LogP contribution in [0.15, 0.2) is 146 Å². The molecule has 6 aromatic carbocycles. The predicted octanol–water partition coefficient (Wildman–Crippen LogP) is 10.9. The monoisotopic (exact) mass is 583 g/mol. The maximum Gasteiger partial charge on any atom is 0.245 e. The van der Waals surface area contributed by atoms with Gasteiger partial charge in [-0.2, -0.15) is 0 Å². The Kier molecular flexibility index (Phi) is 7.65. The van der Waals surface area contributed by atoms with Gasteiger partial charge in [0, 0.05) is 22.3 Å². The zero-order valence-electron chi connectivity index (χ0n) is 26.5. The second-order valence-electron chi connectivity index (χ2n) is 12.4. The molecule has 0 bridgehead atoms. The van der Waals surface area contributed by atoms with Gasteiger partial charge in [-0.15, -0.1) is 0 Å². The molecule has 0 radical (unpaired) electrons. The molecule has 0 unspecified atom stereocenters. The number of hydrogen-bond acceptors (Lipinski definition) is 1. The van der Waals surface area contributed by atoms with E-state index in [1.54, 1.807) is 0 Å². The van der Waals surface area contributed by atoms with Crippen LogP contribution in [0.4, 0.5) is 11.4 Å². The summed E-state index contributed by atoms with van der Waals surface area (Å²) in [4.78, 5) is 2.51. The summed E-state index contributed by atoms with van der Waals surface area (Å²) in [7, 11) is 0. The van der Waals surface area contributed by atoms with E-state index in [1.165, 1.54) is 67.0 Å². The lowest BCUT2D eigenvalue weighted by molar-refractivity contribution is -0.480. The van der Waals surface area contributed by atoms with Crippen LogP contribution in [0.2, 0.25) is 0 Å². The van der Waals surface area contributed by atoms with Crippen molar-refractivity contribution in [3.05, 3.63) is 179 Å². The highest BCUT2D eigenvalue weighted by atomic mass is 15.3. The van der Waals surface area contributed by atoms with Crippen molar-refractivity contribution < 1.29 is 4.58 Å². The molecule has 220 valence electrons. The van der Waals surface area contributed by atoms with Crippen LogP contribution in [-0.2, 0) is 0 Å². The largest absolute Gasteiger partial charge is 0.245 e. The van der Waals surface area contributed by atoms with E-state index in [9.17, 15) is 0 Å². The van der Waals surface area contributed by atoms with Gasteiger partial charge in [0.1, 0.15) is 11.4 Å². The highest BCUT2D eigenvalue weighted by Crippen LogP contribution is 2.48. The van der Waals surface area contributed by atoms with Gasteiger partial charge in [0.25, 0.3) is 0 Å². The second kappa shape index (κ2) is 12.1. The fraction of sp³-hybridized carbons (Fsp3) is 0.140. The first-order valence-corrected chi connectivity index (χ1v) is 15.8. The van der Waals surface area contributed by atoms with E-state index in [0.29, 0.717) is 0 Å². The molecule has 0 saturated carbocycles. The quantitative estimate of drug-likeness (QED) is 0.177. The summed E-state index contributed by atoms with van der Waals surface area (Å²) in [6.07, 6.45) is 2.36. The average Bonchev–Trinajstić information content (AvgIpc) is 3.45. The first kappa shape index (κ1) is 28.6. The molecule has 0 spiro atoms. The number of para-hydroxylation sites is 2. The van der Waals surface area contributed by atoms with Crippen molar-refractivity contribution in [1.82, 2.24) is 0 Å². The standard InChI is InChI=1S/C43H39N2/c1-30-23-31(2)26-36(25-30)38-19-11-13-21-40(38)44-29-45(41-22-14-12-20-39(41)37-27-32(3)24-33(4)28-37)43(35-17-9-6-10-18-35)42(44)34-15-7-5-8-16-34/h5-29,42-43H,1-4H3/q+1/t42-,43-/m1/s1. The molecule has 0 N–H and O–H groups in total. The summed E-state index contributed by atoms with van der Waals surface area (Å²) in [6, 6.07) is 53.5. The normalized spacial score (nSPS) is 16.1. The second-order valence-corrected chi connectivity index (χ2v) is 12.4. The molecule has 2 heteroatoms. The summed E-state index contributed by atoms with van der Waals surface area (Å²) >= 11 is 0. The highest BCUT2D eigenvalue weighted by molar-refractivity contribution is 5.90. The summed E-state index contributed by atoms with van der Waals surface area (Å²) < 4.78 is 2.51. The average molecular weight is 584 g/mol. The molecule has 1 aliphatic rings. The van der Waals surface area contributed by atoms with Crippen molar-refractivity contribution in [1.29, 1.82) is 0 Å². The van der Waals surface area contributed by atoms with Crippen molar-refractivity contribution in [2.24, 2.45) is 0 Å². The lowest BCUT2D eigenvalue weighted by Gasteiger charge is -2.26. The third-order valence-electron chi connectivity index (χ3n) is 8.86. The Bertz CT molecular complexity index is 1970. The van der Waals surface area contributed by atoms with Crippen molar-refractivity contribution in [3.8, 4) is 22.3 Å². The first-order chi connectivity index (χ1) is 22.0. The number of rotatable bonds is 6. The Morgan fingerprint density at radius 3 is 1.53 bits per heavy atom. The van der Waals surface area contributed by atoms with Crippen LogP contribution in [0.1, 0.15) is 45.5 Å². The fourth-order valence-electron chi connectivity index (χ4n) is 7.14. The zero-order valence-corrected chi connectivity index (χ0v) is 26.5. The van der Waals surface area contributed by atoms with Crippen molar-refractivity contribution in [2.75, 3.05) is 4.90 Å². The lowest BCUT2D eigenvalue weighted by atomic mass is 9.91. The van der Waals surface area contributed by atoms with Crippen LogP contribution < -0.4 is 4.90 Å². The summed E-state index contributed by atoms with van der Waals surface area (Å²) in [6.45, 7) is 8.74. The van der Waals surface area contributed by atoms with Crippen LogP contribution >= 0.6 is 0 Å². The van der Waals surface area contributed by atoms with E-state index >= 15 is 0 Å². The third-order valence-corrected chi connectivity index (χ3v) is 8.86. The number of anilines is 1. The Balaban J connectivity index is 1.50. The molecular formula is C43H39N2+. The fourth-order valence-corrected chi connectivity index (χ4v) is 7.14. The van der Waals surface area contributed by atoms with Gasteiger partial charge < -0.3 is 0 Å². The minimum atomic E-state index is 0.0351. The number of aryl methyl sites for hydroxylation is 4. The Labute approximate surface area is 267 Å². The van der Waals surface area contributed by atoms with Gasteiger partial charge in [0.2, 0.25) is 6.34 Å². The minimum Gasteiger partial charge on any atom is -0.221 e. The molecule has 6 aromatic rings. The van der Waals surface area contributed by atoms with E-state index in [2.05, 4.69) is 189 Å². The van der Waals surface area contributed by atoms with Crippen LogP contribution in [-0.4, -0.2) is 10.9 Å². The van der Waals surface area contributed by atoms with E-state index in [0.717, 1.165) is 0 Å². The molecule has 0 amide bonds. The van der Waals surface area contributed by atoms with Gasteiger partial charge in [0.05, 0.1) is 0 Å². The van der Waals surface area contributed by atoms with Crippen LogP contribution in [0, 0.1) is 27.7 Å². The molecule has 1 aliphatic heterocycles. The minimum absolute atomic E-state index is 0.0351. The van der Waals surface area contributed by atoms with Gasteiger partial charge in [-0.05, 0) is 51.0 Å². The molecule has 0 saturated heterocycles. The smallest absolute Gasteiger partial charge is 0.221 e. The molecule has 0 aromatic heterocycles. The van der Waals surface area contributed by atoms with E-state index in [1.807, 2.05) is 0 Å². The van der Waals surface area contributed by atoms with Crippen molar-refractivity contribution in [2.45, 2.75) is 39.8 Å². The lowest BCUT2D eigenvalue weighted by Crippen LogP contribution is -2.26. The molecule has 2 atom stereocenters. The Hall–Kier alpha value is -5.21. The van der Waals surface area contributed by atoms with E-state index in [4.69, 9.17) is 0 Å². The van der Waals surface area contributed by atoms with Gasteiger partial charge in [-0.1, -0.05) is 156 Å². The van der Waals surface area contributed by atoms with Crippen LogP contribution in [0.5, 0.6) is 0 Å². The van der Waals surface area contributed by atoms with Gasteiger partial charge in [-0.25, -0.2) is 9.48 Å². The topological polar surface area (TPSA) is 6.25 Å². The van der Waals surface area contributed by atoms with E-state index < -0.39 is 0 Å². The van der Waals surface area contributed by atoms with Crippen LogP contribution in [0.3, 0.4) is 0 Å². The number of benzene rings is 6. The summed E-state index contributed by atoms with van der Waals surface area (Å²) in [5.41, 5.74) is 15.0. The predicted molar refractivity (Wildman–Crippen MR) is 190 cm³/mol. The van der Waals surface area contributed by atoms with Gasteiger partial charge in [0.15, 0.2) is 12.1 Å². The number of hydrogen-bond donors (Lipinski definition) is 0. The molecule has 2 nitrogen and oxygen atoms in total. The van der Waals surface area contributed by atoms with Crippen LogP contribution in [0.25, 0.3) is 22.3 Å². The molecule has 7 rings (SSSR count). The maximum absolute atomic E-state index is 2.51. The molecule has 0 fully saturated rings. The third kappa shape index (κ3) is 5.60. The van der Waals surface area contributed by atoms with Crippen molar-refractivity contribution in [3.63, 3.8) is 0 Å². The van der Waals surface area contributed by atoms with Gasteiger partial charge in [-0.3, -0.25) is 0 Å². The SMILES string of the molecule is Cc1cc(C)cc(-c2ccccc2N2C=[N+](c3ccccc3-c3cc(C)cc(C)c3)[C@H](c3ccccc3)[C@H]2c2ccccc2)c1. The Morgan fingerprint density at radius 1 is 0.467 bits per heavy atom. The molecule has 1 heterocycles.